The van der Waals surface area contributed by atoms with Gasteiger partial charge in [-0.05, 0) is 56.1 Å². The third-order valence-corrected chi connectivity index (χ3v) is 4.82. The number of hydrogen-bond donors (Lipinski definition) is 1. The molecule has 0 radical (unpaired) electrons. The lowest BCUT2D eigenvalue weighted by molar-refractivity contribution is 0.912. The number of anilines is 1. The number of fused-ring (bicyclic) bond motifs is 1. The lowest BCUT2D eigenvalue weighted by atomic mass is 10.1. The van der Waals surface area contributed by atoms with Gasteiger partial charge in [0.1, 0.15) is 5.82 Å². The second-order valence-corrected chi connectivity index (χ2v) is 6.74. The Balaban J connectivity index is 0.000000122. The number of aromatic nitrogens is 2. The number of nitrogen functional groups attached to an aromatic ring is 1. The average molecular weight is 293 g/mol. The first-order valence-electron chi connectivity index (χ1n) is 8.50. The van der Waals surface area contributed by atoms with Crippen LogP contribution in [0.15, 0.2) is 30.5 Å². The van der Waals surface area contributed by atoms with Gasteiger partial charge in [0.25, 0.3) is 0 Å². The summed E-state index contributed by atoms with van der Waals surface area (Å²) >= 11 is 0. The monoisotopic (exact) mass is 293 g/mol. The molecule has 114 valence electrons. The molecule has 22 heavy (non-hydrogen) atoms. The van der Waals surface area contributed by atoms with Gasteiger partial charge in [-0.2, -0.15) is 0 Å². The third kappa shape index (κ3) is 2.99. The molecule has 0 spiro atoms. The van der Waals surface area contributed by atoms with Gasteiger partial charge in [-0.1, -0.05) is 24.3 Å². The molecular weight excluding hydrogens is 270 g/mol. The minimum atomic E-state index is 0.612. The van der Waals surface area contributed by atoms with Crippen LogP contribution in [-0.2, 0) is 12.8 Å². The Morgan fingerprint density at radius 3 is 2.09 bits per heavy atom. The van der Waals surface area contributed by atoms with Crippen LogP contribution in [0.5, 0.6) is 0 Å². The van der Waals surface area contributed by atoms with Crippen LogP contribution in [0, 0.1) is 0 Å². The van der Waals surface area contributed by atoms with Gasteiger partial charge in [0, 0.05) is 18.0 Å². The molecule has 0 bridgehead atoms. The zero-order valence-electron chi connectivity index (χ0n) is 13.0. The zero-order chi connectivity index (χ0) is 14.9. The number of benzene rings is 1. The van der Waals surface area contributed by atoms with Crippen molar-refractivity contribution in [2.24, 2.45) is 0 Å². The molecule has 0 atom stereocenters. The predicted octanol–water partition coefficient (Wildman–Crippen LogP) is 3.99. The molecule has 1 heterocycles. The van der Waals surface area contributed by atoms with Crippen LogP contribution in [0.4, 0.5) is 5.82 Å². The molecule has 2 fully saturated rings. The molecule has 2 N–H and O–H groups in total. The van der Waals surface area contributed by atoms with Crippen LogP contribution in [0.2, 0.25) is 0 Å². The maximum Gasteiger partial charge on any atom is 0.145 e. The van der Waals surface area contributed by atoms with Gasteiger partial charge in [-0.15, -0.1) is 0 Å². The van der Waals surface area contributed by atoms with Gasteiger partial charge in [0.15, 0.2) is 0 Å². The molecule has 0 saturated heterocycles. The molecule has 3 heteroatoms. The smallest absolute Gasteiger partial charge is 0.145 e. The van der Waals surface area contributed by atoms with Gasteiger partial charge >= 0.3 is 0 Å². The van der Waals surface area contributed by atoms with Crippen molar-refractivity contribution in [1.29, 1.82) is 0 Å². The lowest BCUT2D eigenvalue weighted by Crippen LogP contribution is -2.02. The highest BCUT2D eigenvalue weighted by atomic mass is 14.9. The van der Waals surface area contributed by atoms with E-state index in [1.54, 1.807) is 11.1 Å². The lowest BCUT2D eigenvalue weighted by Gasteiger charge is -2.03. The first kappa shape index (κ1) is 13.7. The fourth-order valence-electron chi connectivity index (χ4n) is 3.19. The summed E-state index contributed by atoms with van der Waals surface area (Å²) in [6.45, 7) is 0. The summed E-state index contributed by atoms with van der Waals surface area (Å²) in [7, 11) is 0. The summed E-state index contributed by atoms with van der Waals surface area (Å²) in [4.78, 5) is 8.83. The van der Waals surface area contributed by atoms with Crippen molar-refractivity contribution in [2.45, 2.75) is 56.8 Å². The van der Waals surface area contributed by atoms with Crippen molar-refractivity contribution < 1.29 is 0 Å². The molecule has 2 aromatic rings. The Hall–Kier alpha value is -1.90. The third-order valence-electron chi connectivity index (χ3n) is 4.82. The van der Waals surface area contributed by atoms with E-state index in [0.29, 0.717) is 17.7 Å². The fraction of sp³-hybridized carbons (Fsp3) is 0.474. The number of nitrogens with two attached hydrogens (primary N) is 1. The number of aryl methyl sites for hydroxylation is 2. The first-order valence-corrected chi connectivity index (χ1v) is 8.50. The van der Waals surface area contributed by atoms with Crippen molar-refractivity contribution in [2.75, 3.05) is 5.73 Å². The maximum absolute atomic E-state index is 5.85. The summed E-state index contributed by atoms with van der Waals surface area (Å²) in [6.07, 6.45) is 10.9. The SMILES string of the molecule is Nc1nc(C2CC2)cnc1C1CC1.c1ccc2c(c1)CCC2. The second-order valence-electron chi connectivity index (χ2n) is 6.74. The Bertz CT molecular complexity index is 649. The number of nitrogens with zero attached hydrogens (tertiary/aromatic N) is 2. The maximum atomic E-state index is 5.85. The van der Waals surface area contributed by atoms with Gasteiger partial charge in [0.2, 0.25) is 0 Å². The van der Waals surface area contributed by atoms with Crippen LogP contribution in [0.3, 0.4) is 0 Å². The standard InChI is InChI=1S/C10H13N3.C9H10/c11-10-9(7-3-4-7)12-5-8(13-10)6-1-2-6;1-2-5-9-7-3-6-8(9)4-1/h5-7H,1-4H2,(H2,11,13);1-2,4-5H,3,6-7H2. The highest BCUT2D eigenvalue weighted by Crippen LogP contribution is 2.43. The van der Waals surface area contributed by atoms with E-state index in [0.717, 1.165) is 11.4 Å². The van der Waals surface area contributed by atoms with Crippen LogP contribution in [0.1, 0.15) is 66.5 Å². The minimum absolute atomic E-state index is 0.612. The summed E-state index contributed by atoms with van der Waals surface area (Å²) < 4.78 is 0. The molecule has 0 amide bonds. The van der Waals surface area contributed by atoms with Crippen LogP contribution in [-0.4, -0.2) is 9.97 Å². The topological polar surface area (TPSA) is 51.8 Å². The molecule has 0 unspecified atom stereocenters. The van der Waals surface area contributed by atoms with E-state index in [9.17, 15) is 0 Å². The van der Waals surface area contributed by atoms with Crippen molar-refractivity contribution in [1.82, 2.24) is 9.97 Å². The molecular formula is C19H23N3. The number of rotatable bonds is 2. The fourth-order valence-corrected chi connectivity index (χ4v) is 3.19. The van der Waals surface area contributed by atoms with Crippen LogP contribution in [0.25, 0.3) is 0 Å². The summed E-state index contributed by atoms with van der Waals surface area (Å²) in [5, 5.41) is 0. The first-order chi connectivity index (χ1) is 10.8. The predicted molar refractivity (Wildman–Crippen MR) is 88.9 cm³/mol. The number of hydrogen-bond acceptors (Lipinski definition) is 3. The van der Waals surface area contributed by atoms with E-state index in [1.165, 1.54) is 44.9 Å². The summed E-state index contributed by atoms with van der Waals surface area (Å²) in [5.74, 6) is 1.94. The minimum Gasteiger partial charge on any atom is -0.382 e. The molecule has 3 aliphatic rings. The Morgan fingerprint density at radius 2 is 1.55 bits per heavy atom. The van der Waals surface area contributed by atoms with E-state index in [2.05, 4.69) is 34.2 Å². The Morgan fingerprint density at radius 1 is 0.909 bits per heavy atom. The van der Waals surface area contributed by atoms with E-state index in [4.69, 9.17) is 5.73 Å². The Labute approximate surface area is 132 Å². The zero-order valence-corrected chi connectivity index (χ0v) is 13.0. The molecule has 2 saturated carbocycles. The van der Waals surface area contributed by atoms with E-state index in [-0.39, 0.29) is 0 Å². The van der Waals surface area contributed by atoms with Crippen LogP contribution >= 0.6 is 0 Å². The Kier molecular flexibility index (Phi) is 3.57. The molecule has 1 aromatic carbocycles. The largest absolute Gasteiger partial charge is 0.382 e. The average Bonchev–Trinajstić information content (AvgIpc) is 3.45. The van der Waals surface area contributed by atoms with E-state index < -0.39 is 0 Å². The van der Waals surface area contributed by atoms with Gasteiger partial charge in [-0.25, -0.2) is 4.98 Å². The molecule has 3 nitrogen and oxygen atoms in total. The van der Waals surface area contributed by atoms with Crippen molar-refractivity contribution in [3.05, 3.63) is 53.0 Å². The molecule has 5 rings (SSSR count). The molecule has 0 aliphatic heterocycles. The second kappa shape index (κ2) is 5.71. The highest BCUT2D eigenvalue weighted by molar-refractivity contribution is 5.40. The van der Waals surface area contributed by atoms with Crippen molar-refractivity contribution in [3.63, 3.8) is 0 Å². The van der Waals surface area contributed by atoms with Crippen molar-refractivity contribution >= 4 is 5.82 Å². The van der Waals surface area contributed by atoms with Crippen molar-refractivity contribution in [3.8, 4) is 0 Å². The normalized spacial score (nSPS) is 19.3. The van der Waals surface area contributed by atoms with Crippen LogP contribution < -0.4 is 5.73 Å². The summed E-state index contributed by atoms with van der Waals surface area (Å²) in [5.41, 5.74) is 11.1. The van der Waals surface area contributed by atoms with E-state index >= 15 is 0 Å². The van der Waals surface area contributed by atoms with Gasteiger partial charge in [0.05, 0.1) is 11.4 Å². The highest BCUT2D eigenvalue weighted by Gasteiger charge is 2.30. The molecule has 1 aromatic heterocycles. The quantitative estimate of drug-likeness (QED) is 0.911. The molecule has 3 aliphatic carbocycles. The van der Waals surface area contributed by atoms with Gasteiger partial charge in [-0.3, -0.25) is 4.98 Å². The van der Waals surface area contributed by atoms with E-state index in [1.807, 2.05) is 6.20 Å². The summed E-state index contributed by atoms with van der Waals surface area (Å²) in [6, 6.07) is 8.74. The van der Waals surface area contributed by atoms with Gasteiger partial charge < -0.3 is 5.73 Å².